The van der Waals surface area contributed by atoms with Crippen molar-refractivity contribution in [1.29, 1.82) is 0 Å². The van der Waals surface area contributed by atoms with Crippen LogP contribution in [0.2, 0.25) is 5.02 Å². The number of carbonyl (C=O) groups is 1. The average Bonchev–Trinajstić information content (AvgIpc) is 3.30. The van der Waals surface area contributed by atoms with Crippen molar-refractivity contribution < 1.29 is 31.9 Å². The minimum atomic E-state index is -5.23. The maximum atomic E-state index is 14.0. The summed E-state index contributed by atoms with van der Waals surface area (Å²) in [7, 11) is 5.86. The van der Waals surface area contributed by atoms with Crippen LogP contribution in [0.5, 0.6) is 0 Å². The molecule has 0 spiro atoms. The van der Waals surface area contributed by atoms with E-state index in [2.05, 4.69) is 10.3 Å². The predicted octanol–water partition coefficient (Wildman–Crippen LogP) is 3.82. The van der Waals surface area contributed by atoms with Crippen LogP contribution in [0.1, 0.15) is 5.56 Å². The van der Waals surface area contributed by atoms with Crippen molar-refractivity contribution in [2.45, 2.75) is 11.8 Å². The van der Waals surface area contributed by atoms with E-state index in [0.29, 0.717) is 11.0 Å². The van der Waals surface area contributed by atoms with Gasteiger partial charge >= 0.3 is 17.9 Å². The first-order valence-corrected chi connectivity index (χ1v) is 10.8. The van der Waals surface area contributed by atoms with Crippen molar-refractivity contribution >= 4 is 47.8 Å². The van der Waals surface area contributed by atoms with Gasteiger partial charge in [0.05, 0.1) is 34.2 Å². The molecule has 5 rings (SSSR count). The number of nitrogens with zero attached hydrogens (tertiary/aromatic N) is 2. The topological polar surface area (TPSA) is 89.8 Å². The van der Waals surface area contributed by atoms with Gasteiger partial charge < -0.3 is 15.4 Å². The second-order valence-electron chi connectivity index (χ2n) is 8.37. The molecule has 0 saturated carbocycles. The monoisotopic (exact) mass is 534 g/mol. The number of H-pyrrole nitrogens is 1. The first-order chi connectivity index (χ1) is 17.3. The molecule has 2 radical (unpaired) electrons. The molecule has 0 bridgehead atoms. The molecule has 1 atom stereocenters. The van der Waals surface area contributed by atoms with Crippen LogP contribution in [0.3, 0.4) is 0 Å². The van der Waals surface area contributed by atoms with E-state index in [1.165, 1.54) is 18.3 Å². The normalized spacial score (nSPS) is 17.3. The summed E-state index contributed by atoms with van der Waals surface area (Å²) in [5, 5.41) is 12.9. The molecule has 0 fully saturated rings. The second-order valence-corrected chi connectivity index (χ2v) is 8.78. The summed E-state index contributed by atoms with van der Waals surface area (Å²) >= 11 is 6.19. The number of aromatic nitrogens is 2. The molecule has 1 aliphatic heterocycles. The number of carbonyl (C=O) groups excluding carboxylic acids is 1. The van der Waals surface area contributed by atoms with Gasteiger partial charge in [0.2, 0.25) is 5.60 Å². The number of aliphatic hydroxyl groups is 1. The third kappa shape index (κ3) is 3.94. The van der Waals surface area contributed by atoms with Crippen molar-refractivity contribution in [2.75, 3.05) is 16.8 Å². The number of halogens is 6. The number of urea groups is 1. The summed E-state index contributed by atoms with van der Waals surface area (Å²) in [4.78, 5) is 28.9. The summed E-state index contributed by atoms with van der Waals surface area (Å²) in [5.74, 6) is -1.71. The van der Waals surface area contributed by atoms with E-state index in [4.69, 9.17) is 19.4 Å². The molecule has 0 unspecified atom stereocenters. The highest BCUT2D eigenvalue weighted by molar-refractivity contribution is 6.34. The number of pyridine rings is 1. The van der Waals surface area contributed by atoms with Gasteiger partial charge in [-0.2, -0.15) is 13.2 Å². The van der Waals surface area contributed by atoms with Gasteiger partial charge in [-0.15, -0.1) is 0 Å². The van der Waals surface area contributed by atoms with Crippen LogP contribution in [0.4, 0.5) is 38.1 Å². The van der Waals surface area contributed by atoms with Gasteiger partial charge in [-0.05, 0) is 42.5 Å². The van der Waals surface area contributed by atoms with Gasteiger partial charge in [-0.3, -0.25) is 9.30 Å². The molecule has 4 aromatic rings. The molecule has 0 aliphatic carbocycles. The van der Waals surface area contributed by atoms with Crippen molar-refractivity contribution in [3.8, 4) is 11.3 Å². The summed E-state index contributed by atoms with van der Waals surface area (Å²) < 4.78 is 70.0. The van der Waals surface area contributed by atoms with Gasteiger partial charge in [0.15, 0.2) is 0 Å². The predicted molar refractivity (Wildman–Crippen MR) is 127 cm³/mol. The second kappa shape index (κ2) is 8.35. The molecule has 0 saturated heterocycles. The van der Waals surface area contributed by atoms with E-state index in [1.54, 1.807) is 0 Å². The number of imidazole rings is 1. The van der Waals surface area contributed by atoms with E-state index in [0.717, 1.165) is 28.7 Å². The molecule has 1 aliphatic rings. The Kier molecular flexibility index (Phi) is 5.61. The number of anilines is 2. The van der Waals surface area contributed by atoms with Gasteiger partial charge in [0, 0.05) is 17.3 Å². The van der Waals surface area contributed by atoms with Gasteiger partial charge in [-0.25, -0.2) is 18.4 Å². The first kappa shape index (κ1) is 24.8. The lowest BCUT2D eigenvalue weighted by atomic mass is 9.95. The number of rotatable bonds is 2. The highest BCUT2D eigenvalue weighted by atomic mass is 35.5. The maximum absolute atomic E-state index is 14.0. The molecule has 37 heavy (non-hydrogen) atoms. The molecule has 188 valence electrons. The van der Waals surface area contributed by atoms with Crippen molar-refractivity contribution in [1.82, 2.24) is 9.38 Å². The fraction of sp³-hybridized carbons (Fsp3) is 0.130. The zero-order valence-electron chi connectivity index (χ0n) is 18.3. The quantitative estimate of drug-likeness (QED) is 0.270. The summed E-state index contributed by atoms with van der Waals surface area (Å²) in [6.45, 7) is -1.26. The largest absolute Gasteiger partial charge is 0.423 e. The lowest BCUT2D eigenvalue weighted by molar-refractivity contribution is -0.258. The standard InChI is InChI=1S/C23H13BClF5N4O3/c24-10-5-16(19-18(32-21(36)33(19)8-10)13-6-11(26)1-3-15(13)25)31-20(35)34-9-22(37,23(28,29)30)14-7-12(27)2-4-17(14)34/h1-8,37H,9H2,(H,31,35)(H,32,36)/t22-/m1/s1. The van der Waals surface area contributed by atoms with Crippen LogP contribution >= 0.6 is 11.6 Å². The number of hydrogen-bond acceptors (Lipinski definition) is 3. The lowest BCUT2D eigenvalue weighted by Gasteiger charge is -2.27. The highest BCUT2D eigenvalue weighted by Crippen LogP contribution is 2.49. The van der Waals surface area contributed by atoms with Crippen molar-refractivity contribution in [3.63, 3.8) is 0 Å². The van der Waals surface area contributed by atoms with E-state index < -0.39 is 47.2 Å². The van der Waals surface area contributed by atoms with Gasteiger partial charge in [0.25, 0.3) is 0 Å². The van der Waals surface area contributed by atoms with E-state index in [-0.39, 0.29) is 38.6 Å². The third-order valence-electron chi connectivity index (χ3n) is 6.01. The Morgan fingerprint density at radius 2 is 1.81 bits per heavy atom. The fourth-order valence-electron chi connectivity index (χ4n) is 4.32. The zero-order chi connectivity index (χ0) is 26.9. The van der Waals surface area contributed by atoms with E-state index in [1.807, 2.05) is 0 Å². The average molecular weight is 535 g/mol. The van der Waals surface area contributed by atoms with Gasteiger partial charge in [-0.1, -0.05) is 17.1 Å². The molecular weight excluding hydrogens is 522 g/mol. The van der Waals surface area contributed by atoms with Crippen LogP contribution in [0.25, 0.3) is 16.8 Å². The smallest absolute Gasteiger partial charge is 0.375 e. The van der Waals surface area contributed by atoms with E-state index >= 15 is 0 Å². The molecule has 2 amide bonds. The van der Waals surface area contributed by atoms with E-state index in [9.17, 15) is 36.6 Å². The highest BCUT2D eigenvalue weighted by Gasteiger charge is 2.61. The maximum Gasteiger partial charge on any atom is 0.423 e. The Balaban J connectivity index is 1.63. The minimum absolute atomic E-state index is 0.000453. The summed E-state index contributed by atoms with van der Waals surface area (Å²) in [5.41, 5.74) is -5.54. The fourth-order valence-corrected chi connectivity index (χ4v) is 4.53. The molecule has 2 aromatic carbocycles. The molecule has 14 heteroatoms. The Bertz CT molecular complexity index is 1650. The van der Waals surface area contributed by atoms with Crippen LogP contribution in [-0.2, 0) is 5.60 Å². The number of hydrogen-bond donors (Lipinski definition) is 3. The van der Waals surface area contributed by atoms with Crippen LogP contribution in [0.15, 0.2) is 53.5 Å². The van der Waals surface area contributed by atoms with Crippen LogP contribution in [0, 0.1) is 11.6 Å². The first-order valence-electron chi connectivity index (χ1n) is 10.5. The van der Waals surface area contributed by atoms with Crippen LogP contribution < -0.4 is 21.4 Å². The third-order valence-corrected chi connectivity index (χ3v) is 6.34. The molecule has 3 heterocycles. The van der Waals surface area contributed by atoms with Crippen LogP contribution in [-0.4, -0.2) is 41.1 Å². The van der Waals surface area contributed by atoms with Crippen molar-refractivity contribution in [3.05, 3.63) is 81.4 Å². The number of fused-ring (bicyclic) bond motifs is 2. The minimum Gasteiger partial charge on any atom is -0.375 e. The zero-order valence-corrected chi connectivity index (χ0v) is 19.1. The Morgan fingerprint density at radius 3 is 2.51 bits per heavy atom. The lowest BCUT2D eigenvalue weighted by Crippen LogP contribution is -2.48. The summed E-state index contributed by atoms with van der Waals surface area (Å²) in [6, 6.07) is 5.76. The Hall–Kier alpha value is -3.84. The van der Waals surface area contributed by atoms with Gasteiger partial charge in [0.1, 0.15) is 19.5 Å². The SMILES string of the molecule is [B]c1cc(NC(=O)N2C[C@](O)(C(F)(F)F)c3cc(F)ccc32)c2c(-c3cc(F)ccc3Cl)[nH]c(=O)n2c1. The van der Waals surface area contributed by atoms with Crippen molar-refractivity contribution in [2.24, 2.45) is 0 Å². The number of nitrogens with one attached hydrogen (secondary N) is 2. The number of aromatic amines is 1. The number of alkyl halides is 3. The molecule has 2 aromatic heterocycles. The molecule has 7 nitrogen and oxygen atoms in total. The number of benzene rings is 2. The number of amides is 2. The molecule has 3 N–H and O–H groups in total. The summed E-state index contributed by atoms with van der Waals surface area (Å²) in [6.07, 6.45) is -4.01. The Morgan fingerprint density at radius 1 is 1.14 bits per heavy atom. The molecular formula is C23H13BClF5N4O3. The number of β-amino-alcohol motifs (C(OH)–C–C–N with tert-alkyl or cyclic N) is 1. The Labute approximate surface area is 210 Å².